The molecule has 1 fully saturated rings. The lowest BCUT2D eigenvalue weighted by Gasteiger charge is -2.12. The normalized spacial score (nSPS) is 24.1. The second-order valence-corrected chi connectivity index (χ2v) is 3.79. The van der Waals surface area contributed by atoms with Crippen LogP contribution >= 0.6 is 0 Å². The van der Waals surface area contributed by atoms with Crippen LogP contribution in [0.3, 0.4) is 0 Å². The van der Waals surface area contributed by atoms with E-state index in [1.165, 1.54) is 0 Å². The molecule has 0 amide bonds. The summed E-state index contributed by atoms with van der Waals surface area (Å²) < 4.78 is 10.5. The van der Waals surface area contributed by atoms with E-state index in [2.05, 4.69) is 10.3 Å². The zero-order valence-electron chi connectivity index (χ0n) is 9.53. The SMILES string of the molecule is CO[C@H](C)CN=C(N)NC[C@@H]1CCCO1. The fourth-order valence-corrected chi connectivity index (χ4v) is 1.38. The number of guanidine groups is 1. The molecule has 1 heterocycles. The molecule has 0 radical (unpaired) electrons. The van der Waals surface area contributed by atoms with Crippen LogP contribution in [0.4, 0.5) is 0 Å². The molecular weight excluding hydrogens is 194 g/mol. The van der Waals surface area contributed by atoms with Crippen LogP contribution in [0, 0.1) is 0 Å². The third-order valence-electron chi connectivity index (χ3n) is 2.46. The maximum absolute atomic E-state index is 5.68. The van der Waals surface area contributed by atoms with Gasteiger partial charge < -0.3 is 20.5 Å². The van der Waals surface area contributed by atoms with E-state index in [0.717, 1.165) is 26.0 Å². The van der Waals surface area contributed by atoms with Gasteiger partial charge in [0.25, 0.3) is 0 Å². The minimum atomic E-state index is 0.105. The van der Waals surface area contributed by atoms with Crippen LogP contribution in [0.1, 0.15) is 19.8 Å². The largest absolute Gasteiger partial charge is 0.380 e. The van der Waals surface area contributed by atoms with Gasteiger partial charge in [-0.1, -0.05) is 0 Å². The molecule has 1 saturated heterocycles. The Labute approximate surface area is 91.0 Å². The first-order valence-electron chi connectivity index (χ1n) is 5.40. The highest BCUT2D eigenvalue weighted by Crippen LogP contribution is 2.10. The molecule has 0 spiro atoms. The lowest BCUT2D eigenvalue weighted by atomic mass is 10.2. The van der Waals surface area contributed by atoms with Crippen molar-refractivity contribution in [1.29, 1.82) is 0 Å². The van der Waals surface area contributed by atoms with Gasteiger partial charge in [0.1, 0.15) is 0 Å². The summed E-state index contributed by atoms with van der Waals surface area (Å²) in [5, 5.41) is 3.05. The molecule has 0 bridgehead atoms. The Bertz CT molecular complexity index is 203. The molecule has 0 aromatic rings. The van der Waals surface area contributed by atoms with E-state index in [9.17, 15) is 0 Å². The number of methoxy groups -OCH3 is 1. The van der Waals surface area contributed by atoms with E-state index in [-0.39, 0.29) is 6.10 Å². The molecule has 5 nitrogen and oxygen atoms in total. The summed E-state index contributed by atoms with van der Waals surface area (Å²) in [7, 11) is 1.66. The Hall–Kier alpha value is -0.810. The molecule has 15 heavy (non-hydrogen) atoms. The first kappa shape index (κ1) is 12.3. The van der Waals surface area contributed by atoms with Gasteiger partial charge >= 0.3 is 0 Å². The van der Waals surface area contributed by atoms with E-state index in [1.807, 2.05) is 6.92 Å². The van der Waals surface area contributed by atoms with Crippen LogP contribution in [0.2, 0.25) is 0 Å². The second kappa shape index (κ2) is 6.63. The van der Waals surface area contributed by atoms with E-state index in [0.29, 0.717) is 18.6 Å². The van der Waals surface area contributed by atoms with Crippen LogP contribution in [0.25, 0.3) is 0 Å². The van der Waals surface area contributed by atoms with Crippen LogP contribution in [-0.2, 0) is 9.47 Å². The van der Waals surface area contributed by atoms with Gasteiger partial charge in [0.2, 0.25) is 0 Å². The molecule has 0 aromatic carbocycles. The van der Waals surface area contributed by atoms with Gasteiger partial charge in [-0.15, -0.1) is 0 Å². The van der Waals surface area contributed by atoms with Crippen molar-refractivity contribution in [2.24, 2.45) is 10.7 Å². The fraction of sp³-hybridized carbons (Fsp3) is 0.900. The topological polar surface area (TPSA) is 68.9 Å². The Morgan fingerprint density at radius 3 is 3.13 bits per heavy atom. The lowest BCUT2D eigenvalue weighted by Crippen LogP contribution is -2.37. The highest BCUT2D eigenvalue weighted by molar-refractivity contribution is 5.77. The minimum Gasteiger partial charge on any atom is -0.380 e. The number of ether oxygens (including phenoxy) is 2. The molecule has 0 aromatic heterocycles. The maximum atomic E-state index is 5.68. The molecule has 0 saturated carbocycles. The number of nitrogens with zero attached hydrogens (tertiary/aromatic N) is 1. The van der Waals surface area contributed by atoms with Gasteiger partial charge in [-0.2, -0.15) is 0 Å². The Balaban J connectivity index is 2.13. The Morgan fingerprint density at radius 1 is 1.73 bits per heavy atom. The van der Waals surface area contributed by atoms with Gasteiger partial charge in [0.05, 0.1) is 18.8 Å². The first-order chi connectivity index (χ1) is 7.22. The number of hydrogen-bond acceptors (Lipinski definition) is 3. The summed E-state index contributed by atoms with van der Waals surface area (Å²) in [6.07, 6.45) is 2.64. The molecule has 0 aliphatic carbocycles. The number of nitrogens with one attached hydrogen (secondary N) is 1. The third-order valence-corrected chi connectivity index (χ3v) is 2.46. The van der Waals surface area contributed by atoms with Crippen molar-refractivity contribution in [3.05, 3.63) is 0 Å². The van der Waals surface area contributed by atoms with Crippen molar-refractivity contribution in [2.75, 3.05) is 26.8 Å². The third kappa shape index (κ3) is 4.99. The fourth-order valence-electron chi connectivity index (χ4n) is 1.38. The van der Waals surface area contributed by atoms with Crippen molar-refractivity contribution in [1.82, 2.24) is 5.32 Å². The summed E-state index contributed by atoms with van der Waals surface area (Å²) >= 11 is 0. The molecular formula is C10H21N3O2. The standard InChI is InChI=1S/C10H21N3O2/c1-8(14-2)6-12-10(11)13-7-9-4-3-5-15-9/h8-9H,3-7H2,1-2H3,(H3,11,12,13)/t8-,9+/m1/s1. The second-order valence-electron chi connectivity index (χ2n) is 3.79. The smallest absolute Gasteiger partial charge is 0.188 e. The van der Waals surface area contributed by atoms with Crippen molar-refractivity contribution in [3.8, 4) is 0 Å². The van der Waals surface area contributed by atoms with Crippen molar-refractivity contribution >= 4 is 5.96 Å². The number of hydrogen-bond donors (Lipinski definition) is 2. The van der Waals surface area contributed by atoms with E-state index in [4.69, 9.17) is 15.2 Å². The Morgan fingerprint density at radius 2 is 2.53 bits per heavy atom. The molecule has 1 rings (SSSR count). The summed E-state index contributed by atoms with van der Waals surface area (Å²) in [6.45, 7) is 4.15. The van der Waals surface area contributed by atoms with Crippen LogP contribution in [0.15, 0.2) is 4.99 Å². The molecule has 3 N–H and O–H groups in total. The molecule has 0 unspecified atom stereocenters. The van der Waals surface area contributed by atoms with Gasteiger partial charge in [-0.25, -0.2) is 0 Å². The van der Waals surface area contributed by atoms with Crippen LogP contribution in [0.5, 0.6) is 0 Å². The lowest BCUT2D eigenvalue weighted by molar-refractivity contribution is 0.113. The molecule has 1 aliphatic rings. The minimum absolute atomic E-state index is 0.105. The predicted molar refractivity (Wildman–Crippen MR) is 59.9 cm³/mol. The quantitative estimate of drug-likeness (QED) is 0.504. The summed E-state index contributed by atoms with van der Waals surface area (Å²) in [4.78, 5) is 4.16. The van der Waals surface area contributed by atoms with Crippen molar-refractivity contribution < 1.29 is 9.47 Å². The monoisotopic (exact) mass is 215 g/mol. The average Bonchev–Trinajstić information content (AvgIpc) is 2.75. The summed E-state index contributed by atoms with van der Waals surface area (Å²) in [5.41, 5.74) is 5.68. The van der Waals surface area contributed by atoms with E-state index in [1.54, 1.807) is 7.11 Å². The zero-order chi connectivity index (χ0) is 11.1. The zero-order valence-corrected chi connectivity index (χ0v) is 9.53. The van der Waals surface area contributed by atoms with Gasteiger partial charge in [-0.05, 0) is 19.8 Å². The average molecular weight is 215 g/mol. The highest BCUT2D eigenvalue weighted by atomic mass is 16.5. The highest BCUT2D eigenvalue weighted by Gasteiger charge is 2.14. The Kier molecular flexibility index (Phi) is 5.42. The van der Waals surface area contributed by atoms with E-state index < -0.39 is 0 Å². The van der Waals surface area contributed by atoms with Crippen molar-refractivity contribution in [2.45, 2.75) is 32.0 Å². The van der Waals surface area contributed by atoms with Gasteiger partial charge in [-0.3, -0.25) is 4.99 Å². The molecule has 1 aliphatic heterocycles. The number of rotatable bonds is 5. The van der Waals surface area contributed by atoms with Gasteiger partial charge in [0.15, 0.2) is 5.96 Å². The number of aliphatic imine (C=N–C) groups is 1. The van der Waals surface area contributed by atoms with Crippen LogP contribution < -0.4 is 11.1 Å². The van der Waals surface area contributed by atoms with Gasteiger partial charge in [0, 0.05) is 20.3 Å². The van der Waals surface area contributed by atoms with Crippen molar-refractivity contribution in [3.63, 3.8) is 0 Å². The predicted octanol–water partition coefficient (Wildman–Crippen LogP) is 0.105. The summed E-state index contributed by atoms with van der Waals surface area (Å²) in [5.74, 6) is 0.467. The van der Waals surface area contributed by atoms with Crippen LogP contribution in [-0.4, -0.2) is 45.0 Å². The molecule has 2 atom stereocenters. The van der Waals surface area contributed by atoms with E-state index >= 15 is 0 Å². The first-order valence-corrected chi connectivity index (χ1v) is 5.40. The molecule has 88 valence electrons. The number of nitrogens with two attached hydrogens (primary N) is 1. The summed E-state index contributed by atoms with van der Waals surface area (Å²) in [6, 6.07) is 0. The molecule has 5 heteroatoms. The maximum Gasteiger partial charge on any atom is 0.188 e.